The van der Waals surface area contributed by atoms with Gasteiger partial charge >= 0.3 is 0 Å². The molecule has 2 aromatic rings. The van der Waals surface area contributed by atoms with Crippen LogP contribution in [0.3, 0.4) is 0 Å². The van der Waals surface area contributed by atoms with Crippen molar-refractivity contribution in [3.63, 3.8) is 0 Å². The Balaban J connectivity index is 2.26. The van der Waals surface area contributed by atoms with Gasteiger partial charge in [-0.25, -0.2) is 8.42 Å². The Morgan fingerprint density at radius 1 is 1.30 bits per heavy atom. The summed E-state index contributed by atoms with van der Waals surface area (Å²) in [4.78, 5) is -0.0210. The average molecular weight is 364 g/mol. The lowest BCUT2D eigenvalue weighted by molar-refractivity contribution is 0.245. The molecular formula is C12H14BrNO5S. The summed E-state index contributed by atoms with van der Waals surface area (Å²) in [6.45, 7) is 1.54. The van der Waals surface area contributed by atoms with Gasteiger partial charge in [0.2, 0.25) is 10.0 Å². The van der Waals surface area contributed by atoms with Crippen LogP contribution in [0.25, 0.3) is 0 Å². The Hall–Kier alpha value is -1.09. The molecule has 0 spiro atoms. The van der Waals surface area contributed by atoms with Crippen molar-refractivity contribution in [3.05, 3.63) is 40.1 Å². The van der Waals surface area contributed by atoms with E-state index in [0.717, 1.165) is 10.1 Å². The number of aliphatic hydroxyl groups excluding tert-OH is 1. The van der Waals surface area contributed by atoms with Crippen molar-refractivity contribution in [1.29, 1.82) is 0 Å². The lowest BCUT2D eigenvalue weighted by Crippen LogP contribution is -2.26. The molecule has 8 heteroatoms. The summed E-state index contributed by atoms with van der Waals surface area (Å²) in [6, 6.07) is 4.79. The van der Waals surface area contributed by atoms with Gasteiger partial charge in [0.15, 0.2) is 4.67 Å². The van der Waals surface area contributed by atoms with Crippen molar-refractivity contribution in [1.82, 2.24) is 4.31 Å². The molecule has 0 amide bonds. The third-order valence-corrected chi connectivity index (χ3v) is 5.39. The van der Waals surface area contributed by atoms with Crippen LogP contribution in [0.15, 0.2) is 36.6 Å². The summed E-state index contributed by atoms with van der Waals surface area (Å²) in [6.07, 6.45) is 0. The SMILES string of the molecule is Cc1ccc(CN(C)S(=O)(=O)c2cc(CO)oc2Br)o1. The van der Waals surface area contributed by atoms with Crippen molar-refractivity contribution >= 4 is 26.0 Å². The molecule has 2 rings (SSSR count). The maximum Gasteiger partial charge on any atom is 0.247 e. The maximum absolute atomic E-state index is 12.4. The second kappa shape index (κ2) is 5.72. The average Bonchev–Trinajstić information content (AvgIpc) is 2.95. The zero-order valence-corrected chi connectivity index (χ0v) is 13.4. The van der Waals surface area contributed by atoms with Gasteiger partial charge in [0.1, 0.15) is 28.8 Å². The van der Waals surface area contributed by atoms with Crippen molar-refractivity contribution in [3.8, 4) is 0 Å². The van der Waals surface area contributed by atoms with E-state index in [1.165, 1.54) is 13.1 Å². The Bertz CT molecular complexity index is 703. The minimum Gasteiger partial charge on any atom is -0.465 e. The van der Waals surface area contributed by atoms with Crippen molar-refractivity contribution in [2.24, 2.45) is 0 Å². The maximum atomic E-state index is 12.4. The first-order valence-electron chi connectivity index (χ1n) is 5.75. The van der Waals surface area contributed by atoms with Gasteiger partial charge in [0.25, 0.3) is 0 Å². The molecule has 0 saturated carbocycles. The van der Waals surface area contributed by atoms with E-state index < -0.39 is 10.0 Å². The fraction of sp³-hybridized carbons (Fsp3) is 0.333. The molecule has 2 aromatic heterocycles. The van der Waals surface area contributed by atoms with E-state index in [-0.39, 0.29) is 28.5 Å². The zero-order valence-electron chi connectivity index (χ0n) is 11.0. The Labute approximate surface area is 125 Å². The lowest BCUT2D eigenvalue weighted by Gasteiger charge is -2.14. The first-order valence-corrected chi connectivity index (χ1v) is 7.98. The molecule has 0 aliphatic rings. The number of halogens is 1. The summed E-state index contributed by atoms with van der Waals surface area (Å²) in [5.74, 6) is 1.45. The third-order valence-electron chi connectivity index (χ3n) is 2.73. The van der Waals surface area contributed by atoms with Crippen molar-refractivity contribution in [2.75, 3.05) is 7.05 Å². The van der Waals surface area contributed by atoms with Crippen LogP contribution in [0.1, 0.15) is 17.3 Å². The minimum atomic E-state index is -3.73. The van der Waals surface area contributed by atoms with Crippen LogP contribution in [0.2, 0.25) is 0 Å². The molecule has 0 bridgehead atoms. The molecule has 0 atom stereocenters. The smallest absolute Gasteiger partial charge is 0.247 e. The number of hydrogen-bond donors (Lipinski definition) is 1. The molecule has 0 saturated heterocycles. The van der Waals surface area contributed by atoms with Gasteiger partial charge in [-0.15, -0.1) is 0 Å². The lowest BCUT2D eigenvalue weighted by atomic mass is 10.4. The number of furan rings is 2. The number of nitrogens with zero attached hydrogens (tertiary/aromatic N) is 1. The molecule has 2 heterocycles. The van der Waals surface area contributed by atoms with E-state index in [9.17, 15) is 8.42 Å². The summed E-state index contributed by atoms with van der Waals surface area (Å²) in [5, 5.41) is 8.98. The molecule has 20 heavy (non-hydrogen) atoms. The van der Waals surface area contributed by atoms with Crippen molar-refractivity contribution in [2.45, 2.75) is 25.0 Å². The first kappa shape index (κ1) is 15.3. The molecule has 0 fully saturated rings. The summed E-state index contributed by atoms with van der Waals surface area (Å²) >= 11 is 3.04. The Morgan fingerprint density at radius 2 is 2.00 bits per heavy atom. The third kappa shape index (κ3) is 2.98. The van der Waals surface area contributed by atoms with Gasteiger partial charge in [-0.3, -0.25) is 0 Å². The van der Waals surface area contributed by atoms with Gasteiger partial charge in [-0.2, -0.15) is 4.31 Å². The largest absolute Gasteiger partial charge is 0.465 e. The normalized spacial score (nSPS) is 12.2. The summed E-state index contributed by atoms with van der Waals surface area (Å²) < 4.78 is 36.5. The number of aliphatic hydroxyl groups is 1. The van der Waals surface area contributed by atoms with Crippen LogP contribution in [0.5, 0.6) is 0 Å². The van der Waals surface area contributed by atoms with Crippen LogP contribution in [0.4, 0.5) is 0 Å². The van der Waals surface area contributed by atoms with E-state index in [0.29, 0.717) is 5.76 Å². The second-order valence-corrected chi connectivity index (χ2v) is 7.02. The van der Waals surface area contributed by atoms with Gasteiger partial charge in [-0.05, 0) is 35.0 Å². The van der Waals surface area contributed by atoms with E-state index >= 15 is 0 Å². The van der Waals surface area contributed by atoms with Crippen molar-refractivity contribution < 1.29 is 22.4 Å². The van der Waals surface area contributed by atoms with Gasteiger partial charge in [0.05, 0.1) is 6.54 Å². The van der Waals surface area contributed by atoms with E-state index in [4.69, 9.17) is 13.9 Å². The predicted molar refractivity (Wildman–Crippen MR) is 74.4 cm³/mol. The number of aryl methyl sites for hydroxylation is 1. The first-order chi connectivity index (χ1) is 9.34. The quantitative estimate of drug-likeness (QED) is 0.880. The fourth-order valence-electron chi connectivity index (χ4n) is 1.69. The Kier molecular flexibility index (Phi) is 4.38. The number of rotatable bonds is 5. The second-order valence-electron chi connectivity index (χ2n) is 4.28. The van der Waals surface area contributed by atoms with E-state index in [1.54, 1.807) is 19.1 Å². The highest BCUT2D eigenvalue weighted by Crippen LogP contribution is 2.29. The highest BCUT2D eigenvalue weighted by molar-refractivity contribution is 9.10. The van der Waals surface area contributed by atoms with E-state index in [2.05, 4.69) is 15.9 Å². The molecule has 0 unspecified atom stereocenters. The molecule has 0 aliphatic carbocycles. The molecule has 6 nitrogen and oxygen atoms in total. The highest BCUT2D eigenvalue weighted by Gasteiger charge is 2.27. The topological polar surface area (TPSA) is 83.9 Å². The summed E-state index contributed by atoms with van der Waals surface area (Å²) in [5.41, 5.74) is 0. The molecular weight excluding hydrogens is 350 g/mol. The van der Waals surface area contributed by atoms with Crippen LogP contribution in [0, 0.1) is 6.92 Å². The molecule has 0 aromatic carbocycles. The van der Waals surface area contributed by atoms with Gasteiger partial charge in [0, 0.05) is 13.1 Å². The number of sulfonamides is 1. The van der Waals surface area contributed by atoms with E-state index in [1.807, 2.05) is 0 Å². The molecule has 0 aliphatic heterocycles. The Morgan fingerprint density at radius 3 is 2.50 bits per heavy atom. The highest BCUT2D eigenvalue weighted by atomic mass is 79.9. The fourth-order valence-corrected chi connectivity index (χ4v) is 3.79. The number of hydrogen-bond acceptors (Lipinski definition) is 5. The molecule has 1 N–H and O–H groups in total. The van der Waals surface area contributed by atoms with Crippen LogP contribution < -0.4 is 0 Å². The minimum absolute atomic E-state index is 0.0210. The molecule has 110 valence electrons. The van der Waals surface area contributed by atoms with Crippen LogP contribution in [-0.2, 0) is 23.2 Å². The zero-order chi connectivity index (χ0) is 14.9. The standard InChI is InChI=1S/C12H14BrNO5S/c1-8-3-4-9(18-8)6-14(2)20(16,17)11-5-10(7-15)19-12(11)13/h3-5,15H,6-7H2,1-2H3. The molecule has 0 radical (unpaired) electrons. The summed E-state index contributed by atoms with van der Waals surface area (Å²) in [7, 11) is -2.28. The van der Waals surface area contributed by atoms with Gasteiger partial charge < -0.3 is 13.9 Å². The van der Waals surface area contributed by atoms with Crippen LogP contribution in [-0.4, -0.2) is 24.9 Å². The van der Waals surface area contributed by atoms with Gasteiger partial charge in [-0.1, -0.05) is 0 Å². The monoisotopic (exact) mass is 363 g/mol. The van der Waals surface area contributed by atoms with Crippen LogP contribution >= 0.6 is 15.9 Å². The predicted octanol–water partition coefficient (Wildman–Crippen LogP) is 2.26.